The summed E-state index contributed by atoms with van der Waals surface area (Å²) in [5.41, 5.74) is 0.652. The van der Waals surface area contributed by atoms with Gasteiger partial charge in [-0.15, -0.1) is 11.3 Å². The first-order chi connectivity index (χ1) is 13.1. The van der Waals surface area contributed by atoms with Crippen molar-refractivity contribution in [3.05, 3.63) is 52.2 Å². The Bertz CT molecular complexity index is 695. The molecule has 3 rings (SSSR count). The van der Waals surface area contributed by atoms with Gasteiger partial charge in [-0.3, -0.25) is 9.69 Å². The summed E-state index contributed by atoms with van der Waals surface area (Å²) in [5.74, 6) is 1.22. The predicted octanol–water partition coefficient (Wildman–Crippen LogP) is 3.59. The van der Waals surface area contributed by atoms with Crippen molar-refractivity contribution in [2.75, 3.05) is 39.5 Å². The third-order valence-corrected chi connectivity index (χ3v) is 5.49. The monoisotopic (exact) mass is 388 g/mol. The Hall–Kier alpha value is -1.89. The first-order valence-electron chi connectivity index (χ1n) is 9.49. The van der Waals surface area contributed by atoms with Crippen LogP contribution in [0.5, 0.6) is 5.75 Å². The van der Waals surface area contributed by atoms with Crippen LogP contribution < -0.4 is 10.1 Å². The van der Waals surface area contributed by atoms with E-state index in [2.05, 4.69) is 41.6 Å². The third-order valence-electron chi connectivity index (χ3n) is 4.51. The highest BCUT2D eigenvalue weighted by atomic mass is 32.1. The molecule has 0 aliphatic carbocycles. The van der Waals surface area contributed by atoms with Crippen molar-refractivity contribution >= 4 is 17.2 Å². The Morgan fingerprint density at radius 2 is 1.96 bits per heavy atom. The van der Waals surface area contributed by atoms with Gasteiger partial charge in [-0.1, -0.05) is 19.9 Å². The number of hydrogen-bond acceptors (Lipinski definition) is 5. The Balaban J connectivity index is 1.58. The Kier molecular flexibility index (Phi) is 7.26. The summed E-state index contributed by atoms with van der Waals surface area (Å²) >= 11 is 1.73. The second-order valence-electron chi connectivity index (χ2n) is 7.12. The average molecular weight is 389 g/mol. The van der Waals surface area contributed by atoms with Crippen LogP contribution in [0, 0.1) is 5.92 Å². The molecule has 2 heterocycles. The molecule has 27 heavy (non-hydrogen) atoms. The van der Waals surface area contributed by atoms with Crippen LogP contribution in [0.3, 0.4) is 0 Å². The standard InChI is InChI=1S/C21H28N2O3S/c1-16(2)15-26-18-7-5-17(6-8-18)21(24)22-14-19(20-4-3-13-27-20)23-9-11-25-12-10-23/h3-8,13,16,19H,9-12,14-15H2,1-2H3,(H,22,24). The molecule has 1 aromatic heterocycles. The number of ether oxygens (including phenoxy) is 2. The summed E-state index contributed by atoms with van der Waals surface area (Å²) in [6, 6.07) is 11.7. The van der Waals surface area contributed by atoms with E-state index >= 15 is 0 Å². The highest BCUT2D eigenvalue weighted by molar-refractivity contribution is 7.10. The van der Waals surface area contributed by atoms with Crippen LogP contribution in [0.4, 0.5) is 0 Å². The van der Waals surface area contributed by atoms with E-state index in [0.717, 1.165) is 32.1 Å². The SMILES string of the molecule is CC(C)COc1ccc(C(=O)NCC(c2cccs2)N2CCOCC2)cc1. The molecule has 1 N–H and O–H groups in total. The quantitative estimate of drug-likeness (QED) is 0.751. The second-order valence-corrected chi connectivity index (χ2v) is 8.10. The number of nitrogens with zero attached hydrogens (tertiary/aromatic N) is 1. The lowest BCUT2D eigenvalue weighted by Gasteiger charge is -2.34. The highest BCUT2D eigenvalue weighted by Gasteiger charge is 2.24. The zero-order valence-corrected chi connectivity index (χ0v) is 16.8. The molecule has 2 aromatic rings. The smallest absolute Gasteiger partial charge is 0.251 e. The lowest BCUT2D eigenvalue weighted by atomic mass is 10.1. The summed E-state index contributed by atoms with van der Waals surface area (Å²) in [5, 5.41) is 5.18. The maximum Gasteiger partial charge on any atom is 0.251 e. The molecule has 0 bridgehead atoms. The number of hydrogen-bond donors (Lipinski definition) is 1. The second kappa shape index (κ2) is 9.88. The van der Waals surface area contributed by atoms with Crippen LogP contribution in [-0.2, 0) is 4.74 Å². The fraction of sp³-hybridized carbons (Fsp3) is 0.476. The van der Waals surface area contributed by atoms with E-state index in [-0.39, 0.29) is 11.9 Å². The number of benzene rings is 1. The molecule has 1 aliphatic heterocycles. The van der Waals surface area contributed by atoms with Crippen LogP contribution in [0.1, 0.15) is 35.1 Å². The minimum Gasteiger partial charge on any atom is -0.493 e. The summed E-state index contributed by atoms with van der Waals surface area (Å²) in [6.45, 7) is 8.75. The molecule has 1 amide bonds. The molecular formula is C21H28N2O3S. The predicted molar refractivity (Wildman–Crippen MR) is 109 cm³/mol. The Labute approximate surface area is 165 Å². The van der Waals surface area contributed by atoms with Crippen molar-refractivity contribution in [2.24, 2.45) is 5.92 Å². The summed E-state index contributed by atoms with van der Waals surface area (Å²) < 4.78 is 11.2. The van der Waals surface area contributed by atoms with E-state index in [0.29, 0.717) is 24.6 Å². The molecule has 1 aliphatic rings. The van der Waals surface area contributed by atoms with Gasteiger partial charge in [0.2, 0.25) is 0 Å². The van der Waals surface area contributed by atoms with Crippen LogP contribution in [0.25, 0.3) is 0 Å². The fourth-order valence-electron chi connectivity index (χ4n) is 3.04. The zero-order chi connectivity index (χ0) is 19.1. The molecule has 5 nitrogen and oxygen atoms in total. The van der Waals surface area contributed by atoms with E-state index in [1.807, 2.05) is 24.3 Å². The topological polar surface area (TPSA) is 50.8 Å². The molecule has 1 aromatic carbocycles. The molecule has 1 fully saturated rings. The van der Waals surface area contributed by atoms with Gasteiger partial charge in [-0.25, -0.2) is 0 Å². The summed E-state index contributed by atoms with van der Waals surface area (Å²) in [7, 11) is 0. The van der Waals surface area contributed by atoms with Crippen molar-refractivity contribution in [1.29, 1.82) is 0 Å². The molecule has 1 atom stereocenters. The first-order valence-corrected chi connectivity index (χ1v) is 10.4. The molecular weight excluding hydrogens is 360 g/mol. The van der Waals surface area contributed by atoms with Gasteiger partial charge in [0.1, 0.15) is 5.75 Å². The largest absolute Gasteiger partial charge is 0.493 e. The number of rotatable bonds is 8. The van der Waals surface area contributed by atoms with Gasteiger partial charge in [-0.05, 0) is 41.6 Å². The fourth-order valence-corrected chi connectivity index (χ4v) is 3.90. The van der Waals surface area contributed by atoms with Gasteiger partial charge in [0.15, 0.2) is 0 Å². The Morgan fingerprint density at radius 1 is 1.22 bits per heavy atom. The maximum atomic E-state index is 12.6. The van der Waals surface area contributed by atoms with Gasteiger partial charge in [0.25, 0.3) is 5.91 Å². The highest BCUT2D eigenvalue weighted by Crippen LogP contribution is 2.25. The van der Waals surface area contributed by atoms with Crippen LogP contribution >= 0.6 is 11.3 Å². The van der Waals surface area contributed by atoms with Gasteiger partial charge >= 0.3 is 0 Å². The molecule has 1 unspecified atom stereocenters. The lowest BCUT2D eigenvalue weighted by Crippen LogP contribution is -2.43. The molecule has 0 spiro atoms. The minimum atomic E-state index is -0.0553. The van der Waals surface area contributed by atoms with Crippen molar-refractivity contribution in [3.8, 4) is 5.75 Å². The van der Waals surface area contributed by atoms with Crippen LogP contribution in [-0.4, -0.2) is 50.3 Å². The lowest BCUT2D eigenvalue weighted by molar-refractivity contribution is 0.0169. The van der Waals surface area contributed by atoms with Gasteiger partial charge < -0.3 is 14.8 Å². The van der Waals surface area contributed by atoms with Gasteiger partial charge in [0.05, 0.1) is 25.9 Å². The molecule has 6 heteroatoms. The van der Waals surface area contributed by atoms with E-state index in [1.165, 1.54) is 4.88 Å². The minimum absolute atomic E-state index is 0.0553. The van der Waals surface area contributed by atoms with Crippen LogP contribution in [0.2, 0.25) is 0 Å². The van der Waals surface area contributed by atoms with Crippen molar-refractivity contribution in [1.82, 2.24) is 10.2 Å². The van der Waals surface area contributed by atoms with E-state index < -0.39 is 0 Å². The Morgan fingerprint density at radius 3 is 2.59 bits per heavy atom. The van der Waals surface area contributed by atoms with E-state index in [4.69, 9.17) is 9.47 Å². The average Bonchev–Trinajstić information content (AvgIpc) is 3.22. The molecule has 0 saturated carbocycles. The number of thiophene rings is 1. The van der Waals surface area contributed by atoms with Crippen LogP contribution in [0.15, 0.2) is 41.8 Å². The normalized spacial score (nSPS) is 16.3. The number of amides is 1. The number of nitrogens with one attached hydrogen (secondary N) is 1. The first kappa shape index (κ1) is 19.9. The van der Waals surface area contributed by atoms with Crippen molar-refractivity contribution in [2.45, 2.75) is 19.9 Å². The maximum absolute atomic E-state index is 12.6. The number of morpholine rings is 1. The number of carbonyl (C=O) groups is 1. The molecule has 146 valence electrons. The van der Waals surface area contributed by atoms with E-state index in [9.17, 15) is 4.79 Å². The van der Waals surface area contributed by atoms with Crippen molar-refractivity contribution in [3.63, 3.8) is 0 Å². The molecule has 0 radical (unpaired) electrons. The van der Waals surface area contributed by atoms with Gasteiger partial charge in [-0.2, -0.15) is 0 Å². The van der Waals surface area contributed by atoms with Crippen molar-refractivity contribution < 1.29 is 14.3 Å². The summed E-state index contributed by atoms with van der Waals surface area (Å²) in [4.78, 5) is 16.2. The number of carbonyl (C=O) groups excluding carboxylic acids is 1. The third kappa shape index (κ3) is 5.79. The van der Waals surface area contributed by atoms with Gasteiger partial charge in [0, 0.05) is 30.1 Å². The summed E-state index contributed by atoms with van der Waals surface area (Å²) in [6.07, 6.45) is 0. The van der Waals surface area contributed by atoms with E-state index in [1.54, 1.807) is 11.3 Å². The molecule has 1 saturated heterocycles. The zero-order valence-electron chi connectivity index (χ0n) is 16.0.